The monoisotopic (exact) mass is 338 g/mol. The van der Waals surface area contributed by atoms with E-state index in [1.807, 2.05) is 6.92 Å². The lowest BCUT2D eigenvalue weighted by Gasteiger charge is -2.32. The molecule has 3 nitrogen and oxygen atoms in total. The largest absolute Gasteiger partial charge is 0.493 e. The number of benzene rings is 1. The molecule has 1 heterocycles. The summed E-state index contributed by atoms with van der Waals surface area (Å²) in [6.45, 7) is 13.2. The van der Waals surface area contributed by atoms with Crippen LogP contribution in [0.1, 0.15) is 43.7 Å². The van der Waals surface area contributed by atoms with Crippen LogP contribution in [-0.4, -0.2) is 56.2 Å². The van der Waals surface area contributed by atoms with Crippen molar-refractivity contribution in [2.45, 2.75) is 39.5 Å². The van der Waals surface area contributed by atoms with E-state index >= 15 is 0 Å². The molecular formula is C19H31ClN2O. The number of rotatable bonds is 7. The molecule has 0 bridgehead atoms. The first-order valence-corrected chi connectivity index (χ1v) is 9.19. The van der Waals surface area contributed by atoms with Crippen LogP contribution in [0.3, 0.4) is 0 Å². The summed E-state index contributed by atoms with van der Waals surface area (Å²) < 4.78 is 6.06. The number of unbranched alkanes of at least 4 members (excludes halogenated alkanes) is 1. The molecule has 0 amide bonds. The second kappa shape index (κ2) is 8.91. The van der Waals surface area contributed by atoms with Crippen molar-refractivity contribution in [3.63, 3.8) is 0 Å². The van der Waals surface area contributed by atoms with Crippen molar-refractivity contribution in [2.75, 3.05) is 46.4 Å². The number of aryl methyl sites for hydroxylation is 1. The van der Waals surface area contributed by atoms with E-state index in [1.165, 1.54) is 44.7 Å². The second-order valence-electron chi connectivity index (χ2n) is 6.99. The van der Waals surface area contributed by atoms with Gasteiger partial charge in [0, 0.05) is 31.2 Å². The van der Waals surface area contributed by atoms with E-state index in [2.05, 4.69) is 42.8 Å². The molecule has 4 heteroatoms. The van der Waals surface area contributed by atoms with Crippen molar-refractivity contribution in [1.82, 2.24) is 9.80 Å². The van der Waals surface area contributed by atoms with Crippen LogP contribution in [-0.2, 0) is 0 Å². The first-order valence-electron chi connectivity index (χ1n) is 8.81. The molecule has 1 aromatic rings. The van der Waals surface area contributed by atoms with E-state index in [0.717, 1.165) is 29.4 Å². The Morgan fingerprint density at radius 1 is 1.13 bits per heavy atom. The molecule has 0 saturated carbocycles. The van der Waals surface area contributed by atoms with Gasteiger partial charge in [0.1, 0.15) is 5.75 Å². The molecule has 1 saturated heterocycles. The number of piperazine rings is 1. The Hall–Kier alpha value is -0.770. The van der Waals surface area contributed by atoms with Crippen LogP contribution in [0.2, 0.25) is 5.02 Å². The normalized spacial score (nSPS) is 17.0. The number of likely N-dealkylation sites (N-methyl/N-ethyl adjacent to an activating group) is 1. The zero-order valence-electron chi connectivity index (χ0n) is 15.1. The van der Waals surface area contributed by atoms with Crippen LogP contribution in [0.5, 0.6) is 5.75 Å². The van der Waals surface area contributed by atoms with Crippen LogP contribution >= 0.6 is 11.6 Å². The quantitative estimate of drug-likeness (QED) is 0.694. The highest BCUT2D eigenvalue weighted by Gasteiger charge is 2.13. The van der Waals surface area contributed by atoms with E-state index in [-0.39, 0.29) is 0 Å². The molecule has 0 unspecified atom stereocenters. The first-order chi connectivity index (χ1) is 11.0. The summed E-state index contributed by atoms with van der Waals surface area (Å²) in [6.07, 6.45) is 2.30. The van der Waals surface area contributed by atoms with Crippen molar-refractivity contribution in [3.8, 4) is 5.75 Å². The third-order valence-electron chi connectivity index (χ3n) is 4.64. The molecule has 1 aliphatic heterocycles. The molecule has 0 spiro atoms. The fourth-order valence-corrected chi connectivity index (χ4v) is 3.11. The first kappa shape index (κ1) is 18.6. The summed E-state index contributed by atoms with van der Waals surface area (Å²) in [5.74, 6) is 1.43. The minimum atomic E-state index is 0.424. The van der Waals surface area contributed by atoms with Crippen LogP contribution in [0, 0.1) is 6.92 Å². The van der Waals surface area contributed by atoms with Crippen LogP contribution in [0.15, 0.2) is 12.1 Å². The number of hydrogen-bond donors (Lipinski definition) is 0. The molecule has 1 aromatic carbocycles. The topological polar surface area (TPSA) is 15.7 Å². The molecule has 1 fully saturated rings. The van der Waals surface area contributed by atoms with Gasteiger partial charge in [0.2, 0.25) is 0 Å². The maximum Gasteiger partial charge on any atom is 0.123 e. The van der Waals surface area contributed by atoms with Gasteiger partial charge in [-0.1, -0.05) is 25.4 Å². The Morgan fingerprint density at radius 2 is 1.83 bits per heavy atom. The fraction of sp³-hybridized carbons (Fsp3) is 0.684. The maximum atomic E-state index is 6.25. The third kappa shape index (κ3) is 5.66. The molecule has 0 radical (unpaired) electrons. The van der Waals surface area contributed by atoms with Gasteiger partial charge in [-0.15, -0.1) is 0 Å². The van der Waals surface area contributed by atoms with Gasteiger partial charge in [-0.25, -0.2) is 0 Å². The fourth-order valence-electron chi connectivity index (χ4n) is 2.94. The Bertz CT molecular complexity index is 496. The Morgan fingerprint density at radius 3 is 2.48 bits per heavy atom. The molecule has 2 rings (SSSR count). The standard InChI is InChI=1S/C19H31ClN2O/c1-15(2)17-14-18(20)16(3)13-19(17)23-12-6-5-7-22-10-8-21(4)9-11-22/h13-15H,5-12H2,1-4H3. The van der Waals surface area contributed by atoms with E-state index in [4.69, 9.17) is 16.3 Å². The van der Waals surface area contributed by atoms with E-state index in [9.17, 15) is 0 Å². The van der Waals surface area contributed by atoms with Gasteiger partial charge >= 0.3 is 0 Å². The van der Waals surface area contributed by atoms with Crippen molar-refractivity contribution in [1.29, 1.82) is 0 Å². The number of ether oxygens (including phenoxy) is 1. The van der Waals surface area contributed by atoms with Gasteiger partial charge in [0.05, 0.1) is 6.61 Å². The van der Waals surface area contributed by atoms with E-state index in [1.54, 1.807) is 0 Å². The molecule has 130 valence electrons. The molecule has 0 aliphatic carbocycles. The van der Waals surface area contributed by atoms with Gasteiger partial charge in [-0.2, -0.15) is 0 Å². The number of hydrogen-bond acceptors (Lipinski definition) is 3. The van der Waals surface area contributed by atoms with Crippen LogP contribution < -0.4 is 4.74 Å². The lowest BCUT2D eigenvalue weighted by Crippen LogP contribution is -2.44. The SMILES string of the molecule is Cc1cc(OCCCCN2CCN(C)CC2)c(C(C)C)cc1Cl. The minimum absolute atomic E-state index is 0.424. The van der Waals surface area contributed by atoms with Gasteiger partial charge in [-0.3, -0.25) is 0 Å². The van der Waals surface area contributed by atoms with E-state index < -0.39 is 0 Å². The predicted octanol–water partition coefficient (Wildman–Crippen LogP) is 4.18. The summed E-state index contributed by atoms with van der Waals surface area (Å²) in [7, 11) is 2.20. The molecule has 0 aromatic heterocycles. The van der Waals surface area contributed by atoms with Crippen molar-refractivity contribution in [2.24, 2.45) is 0 Å². The molecular weight excluding hydrogens is 308 g/mol. The second-order valence-corrected chi connectivity index (χ2v) is 7.40. The Labute approximate surface area is 146 Å². The highest BCUT2D eigenvalue weighted by atomic mass is 35.5. The van der Waals surface area contributed by atoms with Crippen LogP contribution in [0.25, 0.3) is 0 Å². The number of nitrogens with zero attached hydrogens (tertiary/aromatic N) is 2. The van der Waals surface area contributed by atoms with Crippen molar-refractivity contribution >= 4 is 11.6 Å². The highest BCUT2D eigenvalue weighted by molar-refractivity contribution is 6.31. The Kier molecular flexibility index (Phi) is 7.19. The number of halogens is 1. The summed E-state index contributed by atoms with van der Waals surface area (Å²) in [5, 5.41) is 0.830. The summed E-state index contributed by atoms with van der Waals surface area (Å²) >= 11 is 6.25. The van der Waals surface area contributed by atoms with Gasteiger partial charge in [0.15, 0.2) is 0 Å². The molecule has 1 aliphatic rings. The predicted molar refractivity (Wildman–Crippen MR) is 98.9 cm³/mol. The lowest BCUT2D eigenvalue weighted by atomic mass is 10.0. The van der Waals surface area contributed by atoms with E-state index in [0.29, 0.717) is 5.92 Å². The van der Waals surface area contributed by atoms with Crippen LogP contribution in [0.4, 0.5) is 0 Å². The zero-order chi connectivity index (χ0) is 16.8. The van der Waals surface area contributed by atoms with Gasteiger partial charge in [0.25, 0.3) is 0 Å². The van der Waals surface area contributed by atoms with Gasteiger partial charge in [-0.05, 0) is 62.5 Å². The smallest absolute Gasteiger partial charge is 0.123 e. The van der Waals surface area contributed by atoms with Gasteiger partial charge < -0.3 is 14.5 Å². The zero-order valence-corrected chi connectivity index (χ0v) is 15.8. The highest BCUT2D eigenvalue weighted by Crippen LogP contribution is 2.32. The Balaban J connectivity index is 1.75. The van der Waals surface area contributed by atoms with Crippen molar-refractivity contribution in [3.05, 3.63) is 28.3 Å². The summed E-state index contributed by atoms with van der Waals surface area (Å²) in [4.78, 5) is 4.96. The molecule has 0 N–H and O–H groups in total. The summed E-state index contributed by atoms with van der Waals surface area (Å²) in [5.41, 5.74) is 2.29. The minimum Gasteiger partial charge on any atom is -0.493 e. The third-order valence-corrected chi connectivity index (χ3v) is 5.04. The molecule has 23 heavy (non-hydrogen) atoms. The van der Waals surface area contributed by atoms with Crippen molar-refractivity contribution < 1.29 is 4.74 Å². The average Bonchev–Trinajstić information content (AvgIpc) is 2.51. The average molecular weight is 339 g/mol. The molecule has 0 atom stereocenters. The lowest BCUT2D eigenvalue weighted by molar-refractivity contribution is 0.149. The summed E-state index contributed by atoms with van der Waals surface area (Å²) in [6, 6.07) is 4.14. The maximum absolute atomic E-state index is 6.25.